The van der Waals surface area contributed by atoms with Gasteiger partial charge in [0.2, 0.25) is 5.91 Å². The van der Waals surface area contributed by atoms with Gasteiger partial charge in [-0.1, -0.05) is 12.1 Å². The number of benzene rings is 1. The fraction of sp³-hybridized carbons (Fsp3) is 0.294. The van der Waals surface area contributed by atoms with Crippen molar-refractivity contribution in [3.05, 3.63) is 68.8 Å². The van der Waals surface area contributed by atoms with Crippen LogP contribution in [0.3, 0.4) is 0 Å². The van der Waals surface area contributed by atoms with Gasteiger partial charge in [0, 0.05) is 36.4 Å². The Labute approximate surface area is 147 Å². The van der Waals surface area contributed by atoms with Crippen LogP contribution in [0.25, 0.3) is 0 Å². The summed E-state index contributed by atoms with van der Waals surface area (Å²) in [5.41, 5.74) is 0.515. The third-order valence-electron chi connectivity index (χ3n) is 4.05. The molecular weight excluding hydrogens is 377 g/mol. The van der Waals surface area contributed by atoms with E-state index in [4.69, 9.17) is 0 Å². The van der Waals surface area contributed by atoms with Crippen LogP contribution in [0, 0.1) is 5.82 Å². The van der Waals surface area contributed by atoms with Crippen LogP contribution in [0.4, 0.5) is 4.39 Å². The van der Waals surface area contributed by atoms with Crippen molar-refractivity contribution in [1.29, 1.82) is 0 Å². The molecule has 2 aromatic rings. The lowest BCUT2D eigenvalue weighted by atomic mass is 10.0. The van der Waals surface area contributed by atoms with Gasteiger partial charge in [0.15, 0.2) is 0 Å². The van der Waals surface area contributed by atoms with E-state index in [0.717, 1.165) is 10.0 Å². The van der Waals surface area contributed by atoms with Crippen molar-refractivity contribution in [3.8, 4) is 0 Å². The molecule has 24 heavy (non-hydrogen) atoms. The van der Waals surface area contributed by atoms with Crippen molar-refractivity contribution in [2.24, 2.45) is 0 Å². The first-order valence-corrected chi connectivity index (χ1v) is 8.45. The van der Waals surface area contributed by atoms with Gasteiger partial charge in [-0.05, 0) is 39.7 Å². The highest BCUT2D eigenvalue weighted by Gasteiger charge is 2.28. The van der Waals surface area contributed by atoms with E-state index in [9.17, 15) is 14.0 Å². The summed E-state index contributed by atoms with van der Waals surface area (Å²) in [5.74, 6) is -0.486. The highest BCUT2D eigenvalue weighted by atomic mass is 79.9. The number of amides is 1. The fourth-order valence-corrected chi connectivity index (χ4v) is 3.26. The number of nitrogens with zero attached hydrogens (tertiary/aromatic N) is 2. The minimum Gasteiger partial charge on any atom is -0.332 e. The molecule has 1 N–H and O–H groups in total. The fourth-order valence-electron chi connectivity index (χ4n) is 2.88. The highest BCUT2D eigenvalue weighted by Crippen LogP contribution is 2.23. The third kappa shape index (κ3) is 3.73. The number of halogens is 2. The average molecular weight is 394 g/mol. The number of carbonyl (C=O) groups excluding carboxylic acids is 1. The average Bonchev–Trinajstić information content (AvgIpc) is 2.58. The van der Waals surface area contributed by atoms with Gasteiger partial charge >= 0.3 is 0 Å². The molecule has 7 heteroatoms. The minimum atomic E-state index is -0.325. The minimum absolute atomic E-state index is 0.0376. The molecule has 1 fully saturated rings. The normalized spacial score (nSPS) is 17.8. The standard InChI is InChI=1S/C17H17BrFN3O2/c18-13-4-5-16(23)21(10-13)11-17(24)22-7-6-20-9-15(22)12-2-1-3-14(19)8-12/h1-5,8,10,15,20H,6-7,9,11H2. The zero-order valence-electron chi connectivity index (χ0n) is 12.9. The van der Waals surface area contributed by atoms with Gasteiger partial charge in [0.05, 0.1) is 6.04 Å². The lowest BCUT2D eigenvalue weighted by molar-refractivity contribution is -0.135. The van der Waals surface area contributed by atoms with E-state index in [0.29, 0.717) is 19.6 Å². The van der Waals surface area contributed by atoms with Crippen molar-refractivity contribution in [2.45, 2.75) is 12.6 Å². The molecule has 0 spiro atoms. The number of aromatic nitrogens is 1. The largest absolute Gasteiger partial charge is 0.332 e. The summed E-state index contributed by atoms with van der Waals surface area (Å²) in [6, 6.07) is 9.09. The van der Waals surface area contributed by atoms with Gasteiger partial charge in [-0.25, -0.2) is 4.39 Å². The smallest absolute Gasteiger partial charge is 0.251 e. The molecule has 1 amide bonds. The van der Waals surface area contributed by atoms with Gasteiger partial charge in [0.1, 0.15) is 12.4 Å². The molecule has 1 aromatic carbocycles. The molecule has 1 aromatic heterocycles. The van der Waals surface area contributed by atoms with Gasteiger partial charge in [-0.3, -0.25) is 9.59 Å². The summed E-state index contributed by atoms with van der Waals surface area (Å²) < 4.78 is 15.6. The van der Waals surface area contributed by atoms with Gasteiger partial charge in [-0.2, -0.15) is 0 Å². The zero-order valence-corrected chi connectivity index (χ0v) is 14.5. The Balaban J connectivity index is 1.83. The van der Waals surface area contributed by atoms with Crippen molar-refractivity contribution in [1.82, 2.24) is 14.8 Å². The summed E-state index contributed by atoms with van der Waals surface area (Å²) in [6.07, 6.45) is 1.60. The van der Waals surface area contributed by atoms with Crippen LogP contribution in [0.2, 0.25) is 0 Å². The Hall–Kier alpha value is -1.99. The summed E-state index contributed by atoms with van der Waals surface area (Å²) in [4.78, 5) is 26.3. The second kappa shape index (κ2) is 7.27. The first-order valence-electron chi connectivity index (χ1n) is 7.66. The maximum Gasteiger partial charge on any atom is 0.251 e. The molecule has 5 nitrogen and oxygen atoms in total. The Kier molecular flexibility index (Phi) is 5.11. The SMILES string of the molecule is O=C(Cn1cc(Br)ccc1=O)N1CCNCC1c1cccc(F)c1. The van der Waals surface area contributed by atoms with Crippen LogP contribution >= 0.6 is 15.9 Å². The number of nitrogens with one attached hydrogen (secondary N) is 1. The van der Waals surface area contributed by atoms with E-state index < -0.39 is 0 Å². The molecule has 0 saturated carbocycles. The molecular formula is C17H17BrFN3O2. The zero-order chi connectivity index (χ0) is 17.1. The Morgan fingerprint density at radius 2 is 2.17 bits per heavy atom. The molecule has 126 valence electrons. The van der Waals surface area contributed by atoms with Crippen LogP contribution in [0.5, 0.6) is 0 Å². The lowest BCUT2D eigenvalue weighted by Crippen LogP contribution is -2.50. The molecule has 1 aliphatic rings. The number of pyridine rings is 1. The topological polar surface area (TPSA) is 54.3 Å². The van der Waals surface area contributed by atoms with Crippen molar-refractivity contribution in [3.63, 3.8) is 0 Å². The third-order valence-corrected chi connectivity index (χ3v) is 4.52. The van der Waals surface area contributed by atoms with Crippen LogP contribution < -0.4 is 10.9 Å². The van der Waals surface area contributed by atoms with Crippen molar-refractivity contribution < 1.29 is 9.18 Å². The van der Waals surface area contributed by atoms with Crippen LogP contribution in [-0.4, -0.2) is 35.0 Å². The first kappa shape index (κ1) is 16.9. The van der Waals surface area contributed by atoms with Crippen molar-refractivity contribution in [2.75, 3.05) is 19.6 Å². The molecule has 0 bridgehead atoms. The van der Waals surface area contributed by atoms with E-state index in [1.807, 2.05) is 6.07 Å². The van der Waals surface area contributed by atoms with E-state index in [-0.39, 0.29) is 29.9 Å². The monoisotopic (exact) mass is 393 g/mol. The second-order valence-electron chi connectivity index (χ2n) is 5.68. The molecule has 1 atom stereocenters. The molecule has 0 aliphatic carbocycles. The first-order chi connectivity index (χ1) is 11.5. The molecule has 3 rings (SSSR count). The number of hydrogen-bond acceptors (Lipinski definition) is 3. The van der Waals surface area contributed by atoms with E-state index in [2.05, 4.69) is 21.2 Å². The number of piperazine rings is 1. The van der Waals surface area contributed by atoms with Crippen LogP contribution in [-0.2, 0) is 11.3 Å². The summed E-state index contributed by atoms with van der Waals surface area (Å²) >= 11 is 3.30. The number of hydrogen-bond donors (Lipinski definition) is 1. The summed E-state index contributed by atoms with van der Waals surface area (Å²) in [5, 5.41) is 3.23. The molecule has 0 radical (unpaired) electrons. The second-order valence-corrected chi connectivity index (χ2v) is 6.59. The Morgan fingerprint density at radius 1 is 1.33 bits per heavy atom. The molecule has 1 unspecified atom stereocenters. The summed E-state index contributed by atoms with van der Waals surface area (Å²) in [6.45, 7) is 1.71. The maximum atomic E-state index is 13.5. The quantitative estimate of drug-likeness (QED) is 0.866. The maximum absolute atomic E-state index is 13.5. The number of rotatable bonds is 3. The highest BCUT2D eigenvalue weighted by molar-refractivity contribution is 9.10. The summed E-state index contributed by atoms with van der Waals surface area (Å²) in [7, 11) is 0. The Bertz CT molecular complexity index is 808. The molecule has 1 aliphatic heterocycles. The van der Waals surface area contributed by atoms with E-state index >= 15 is 0 Å². The lowest BCUT2D eigenvalue weighted by Gasteiger charge is -2.36. The Morgan fingerprint density at radius 3 is 2.96 bits per heavy atom. The van der Waals surface area contributed by atoms with E-state index in [1.165, 1.54) is 22.8 Å². The van der Waals surface area contributed by atoms with Crippen LogP contribution in [0.1, 0.15) is 11.6 Å². The molecule has 1 saturated heterocycles. The van der Waals surface area contributed by atoms with Gasteiger partial charge in [-0.15, -0.1) is 0 Å². The van der Waals surface area contributed by atoms with Gasteiger partial charge < -0.3 is 14.8 Å². The molecule has 2 heterocycles. The van der Waals surface area contributed by atoms with Crippen LogP contribution in [0.15, 0.2) is 51.9 Å². The van der Waals surface area contributed by atoms with Gasteiger partial charge in [0.25, 0.3) is 5.56 Å². The predicted octanol–water partition coefficient (Wildman–Crippen LogP) is 1.92. The van der Waals surface area contributed by atoms with Crippen molar-refractivity contribution >= 4 is 21.8 Å². The van der Waals surface area contributed by atoms with E-state index in [1.54, 1.807) is 23.2 Å². The number of carbonyl (C=O) groups is 1. The predicted molar refractivity (Wildman–Crippen MR) is 92.1 cm³/mol.